The van der Waals surface area contributed by atoms with Crippen molar-refractivity contribution in [2.24, 2.45) is 5.92 Å². The van der Waals surface area contributed by atoms with Gasteiger partial charge in [0, 0.05) is 24.4 Å². The van der Waals surface area contributed by atoms with E-state index in [1.54, 1.807) is 0 Å². The molecule has 0 aromatic carbocycles. The lowest BCUT2D eigenvalue weighted by Gasteiger charge is -2.28. The molecule has 0 saturated carbocycles. The lowest BCUT2D eigenvalue weighted by Crippen LogP contribution is -2.44. The van der Waals surface area contributed by atoms with E-state index >= 15 is 0 Å². The molecule has 1 aromatic rings. The molecule has 1 fully saturated rings. The van der Waals surface area contributed by atoms with Crippen molar-refractivity contribution in [1.82, 2.24) is 10.6 Å². The molecule has 5 heteroatoms. The van der Waals surface area contributed by atoms with Gasteiger partial charge in [-0.2, -0.15) is 0 Å². The van der Waals surface area contributed by atoms with Gasteiger partial charge in [-0.1, -0.05) is 0 Å². The monoisotopic (exact) mass is 314 g/mol. The molecular formula is C16H27ClN2O2. The highest BCUT2D eigenvalue weighted by Crippen LogP contribution is 2.17. The van der Waals surface area contributed by atoms with E-state index in [1.807, 2.05) is 19.1 Å². The fraction of sp³-hybridized carbons (Fsp3) is 0.688. The maximum absolute atomic E-state index is 12.2. The molecule has 1 aliphatic heterocycles. The van der Waals surface area contributed by atoms with Gasteiger partial charge >= 0.3 is 0 Å². The molecule has 1 amide bonds. The minimum atomic E-state index is 0. The van der Waals surface area contributed by atoms with Gasteiger partial charge in [0.15, 0.2) is 0 Å². The van der Waals surface area contributed by atoms with Crippen LogP contribution in [-0.4, -0.2) is 24.5 Å². The van der Waals surface area contributed by atoms with Crippen molar-refractivity contribution in [3.05, 3.63) is 23.7 Å². The molecule has 0 bridgehead atoms. The van der Waals surface area contributed by atoms with Crippen molar-refractivity contribution in [3.63, 3.8) is 0 Å². The van der Waals surface area contributed by atoms with Crippen LogP contribution in [-0.2, 0) is 11.2 Å². The average molecular weight is 315 g/mol. The summed E-state index contributed by atoms with van der Waals surface area (Å²) in [5.74, 6) is 2.32. The Kier molecular flexibility index (Phi) is 7.26. The van der Waals surface area contributed by atoms with E-state index in [0.29, 0.717) is 6.04 Å². The van der Waals surface area contributed by atoms with Crippen molar-refractivity contribution < 1.29 is 9.21 Å². The lowest BCUT2D eigenvalue weighted by atomic mass is 9.92. The molecule has 1 aromatic heterocycles. The van der Waals surface area contributed by atoms with Gasteiger partial charge in [-0.25, -0.2) is 0 Å². The highest BCUT2D eigenvalue weighted by atomic mass is 35.5. The van der Waals surface area contributed by atoms with E-state index in [9.17, 15) is 4.79 Å². The van der Waals surface area contributed by atoms with Crippen LogP contribution in [0.15, 0.2) is 16.5 Å². The fourth-order valence-corrected chi connectivity index (χ4v) is 2.78. The van der Waals surface area contributed by atoms with E-state index < -0.39 is 0 Å². The second-order valence-electron chi connectivity index (χ2n) is 6.04. The molecule has 1 aliphatic rings. The molecule has 0 aliphatic carbocycles. The molecule has 21 heavy (non-hydrogen) atoms. The van der Waals surface area contributed by atoms with Crippen LogP contribution in [0.5, 0.6) is 0 Å². The quantitative estimate of drug-likeness (QED) is 0.878. The Labute approximate surface area is 133 Å². The number of amides is 1. The van der Waals surface area contributed by atoms with Crippen molar-refractivity contribution in [3.8, 4) is 0 Å². The minimum absolute atomic E-state index is 0. The normalized spacial score (nSPS) is 23.2. The van der Waals surface area contributed by atoms with Crippen LogP contribution in [0.1, 0.15) is 44.6 Å². The summed E-state index contributed by atoms with van der Waals surface area (Å²) in [5, 5.41) is 6.52. The second kappa shape index (κ2) is 8.44. The molecule has 0 spiro atoms. The Balaban J connectivity index is 0.00000220. The van der Waals surface area contributed by atoms with E-state index in [0.717, 1.165) is 43.7 Å². The Morgan fingerprint density at radius 3 is 2.90 bits per heavy atom. The maximum atomic E-state index is 12.2. The number of hydrogen-bond acceptors (Lipinski definition) is 3. The molecule has 1 saturated heterocycles. The van der Waals surface area contributed by atoms with Crippen LogP contribution in [0.3, 0.4) is 0 Å². The van der Waals surface area contributed by atoms with Gasteiger partial charge in [0.1, 0.15) is 11.5 Å². The fourth-order valence-electron chi connectivity index (χ4n) is 2.78. The Morgan fingerprint density at radius 1 is 1.52 bits per heavy atom. The zero-order valence-corrected chi connectivity index (χ0v) is 14.0. The van der Waals surface area contributed by atoms with Gasteiger partial charge in [0.05, 0.1) is 0 Å². The van der Waals surface area contributed by atoms with Crippen molar-refractivity contribution >= 4 is 18.3 Å². The number of aryl methyl sites for hydroxylation is 2. The predicted octanol–water partition coefficient (Wildman–Crippen LogP) is 2.84. The van der Waals surface area contributed by atoms with Crippen LogP contribution in [0.4, 0.5) is 0 Å². The summed E-state index contributed by atoms with van der Waals surface area (Å²) < 4.78 is 5.55. The molecule has 4 nitrogen and oxygen atoms in total. The van der Waals surface area contributed by atoms with Gasteiger partial charge in [-0.3, -0.25) is 4.79 Å². The van der Waals surface area contributed by atoms with Crippen molar-refractivity contribution in [2.45, 2.75) is 58.5 Å². The van der Waals surface area contributed by atoms with E-state index in [1.165, 1.54) is 0 Å². The van der Waals surface area contributed by atoms with Crippen LogP contribution in [0, 0.1) is 12.8 Å². The first-order valence-corrected chi connectivity index (χ1v) is 7.63. The number of furan rings is 1. The zero-order chi connectivity index (χ0) is 14.5. The van der Waals surface area contributed by atoms with Gasteiger partial charge < -0.3 is 15.1 Å². The van der Waals surface area contributed by atoms with Crippen LogP contribution in [0.25, 0.3) is 0 Å². The standard InChI is InChI=1S/C16H26N2O2.ClH/c1-11(4-6-15-7-5-13(3)20-15)18-16(19)14-8-9-17-12(2)10-14;/h5,7,11-12,14,17H,4,6,8-10H2,1-3H3,(H,18,19);1H/t11?,12-,14-;/m0./s1. The summed E-state index contributed by atoms with van der Waals surface area (Å²) in [7, 11) is 0. The zero-order valence-electron chi connectivity index (χ0n) is 13.1. The molecule has 2 heterocycles. The molecule has 2 rings (SSSR count). The molecular weight excluding hydrogens is 288 g/mol. The first kappa shape index (κ1) is 18.1. The van der Waals surface area contributed by atoms with Gasteiger partial charge in [0.2, 0.25) is 5.91 Å². The first-order valence-electron chi connectivity index (χ1n) is 7.63. The van der Waals surface area contributed by atoms with E-state index in [2.05, 4.69) is 24.5 Å². The Morgan fingerprint density at radius 2 is 2.29 bits per heavy atom. The number of rotatable bonds is 5. The largest absolute Gasteiger partial charge is 0.466 e. The van der Waals surface area contributed by atoms with Crippen molar-refractivity contribution in [1.29, 1.82) is 0 Å². The predicted molar refractivity (Wildman–Crippen MR) is 86.8 cm³/mol. The van der Waals surface area contributed by atoms with Crippen LogP contribution in [0.2, 0.25) is 0 Å². The van der Waals surface area contributed by atoms with Crippen LogP contribution >= 0.6 is 12.4 Å². The number of nitrogens with one attached hydrogen (secondary N) is 2. The average Bonchev–Trinajstić information content (AvgIpc) is 2.82. The summed E-state index contributed by atoms with van der Waals surface area (Å²) in [4.78, 5) is 12.2. The summed E-state index contributed by atoms with van der Waals surface area (Å²) in [6, 6.07) is 4.63. The number of carbonyl (C=O) groups is 1. The van der Waals surface area contributed by atoms with E-state index in [4.69, 9.17) is 4.42 Å². The maximum Gasteiger partial charge on any atom is 0.223 e. The molecule has 0 radical (unpaired) electrons. The summed E-state index contributed by atoms with van der Waals surface area (Å²) >= 11 is 0. The van der Waals surface area contributed by atoms with Gasteiger partial charge in [-0.15, -0.1) is 12.4 Å². The summed E-state index contributed by atoms with van der Waals surface area (Å²) in [6.45, 7) is 7.10. The minimum Gasteiger partial charge on any atom is -0.466 e. The van der Waals surface area contributed by atoms with Crippen LogP contribution < -0.4 is 10.6 Å². The number of carbonyl (C=O) groups excluding carboxylic acids is 1. The molecule has 1 unspecified atom stereocenters. The third-order valence-corrected chi connectivity index (χ3v) is 4.00. The SMILES string of the molecule is Cc1ccc(CCC(C)NC(=O)[C@H]2CCN[C@@H](C)C2)o1.Cl. The first-order chi connectivity index (χ1) is 9.54. The number of halogens is 1. The third kappa shape index (κ3) is 5.71. The lowest BCUT2D eigenvalue weighted by molar-refractivity contribution is -0.126. The Bertz CT molecular complexity index is 447. The molecule has 2 N–H and O–H groups in total. The number of piperidine rings is 1. The van der Waals surface area contributed by atoms with Gasteiger partial charge in [0.25, 0.3) is 0 Å². The topological polar surface area (TPSA) is 54.3 Å². The Hall–Kier alpha value is -1.00. The molecule has 120 valence electrons. The third-order valence-electron chi connectivity index (χ3n) is 4.00. The summed E-state index contributed by atoms with van der Waals surface area (Å²) in [5.41, 5.74) is 0. The van der Waals surface area contributed by atoms with Crippen molar-refractivity contribution in [2.75, 3.05) is 6.54 Å². The molecule has 3 atom stereocenters. The summed E-state index contributed by atoms with van der Waals surface area (Å²) in [6.07, 6.45) is 3.67. The van der Waals surface area contributed by atoms with E-state index in [-0.39, 0.29) is 30.3 Å². The second-order valence-corrected chi connectivity index (χ2v) is 6.04. The number of hydrogen-bond donors (Lipinski definition) is 2. The van der Waals surface area contributed by atoms with Gasteiger partial charge in [-0.05, 0) is 58.7 Å². The highest BCUT2D eigenvalue weighted by Gasteiger charge is 2.25. The smallest absolute Gasteiger partial charge is 0.223 e. The highest BCUT2D eigenvalue weighted by molar-refractivity contribution is 5.85.